The van der Waals surface area contributed by atoms with E-state index in [1.807, 2.05) is 0 Å². The first-order chi connectivity index (χ1) is 17.4. The molecule has 3 rings (SSSR count). The van der Waals surface area contributed by atoms with Crippen LogP contribution in [0.2, 0.25) is 0 Å². The molecule has 0 unspecified atom stereocenters. The summed E-state index contributed by atoms with van der Waals surface area (Å²) in [6.45, 7) is 17.9. The van der Waals surface area contributed by atoms with Crippen molar-refractivity contribution >= 4 is 11.1 Å². The molecule has 0 amide bonds. The van der Waals surface area contributed by atoms with Crippen molar-refractivity contribution in [3.05, 3.63) is 95.6 Å². The van der Waals surface area contributed by atoms with Crippen molar-refractivity contribution in [2.45, 2.75) is 98.3 Å². The third-order valence-electron chi connectivity index (χ3n) is 7.85. The second-order valence-corrected chi connectivity index (χ2v) is 11.0. The standard InChI is InChI=1S/C36H48/c1-7-11-31(12-8-2)14-10-9-13-29(5)36-26-35(20-17-30(36)6)34-23-21-33(22-24-34)28(4)16-19-32-18-15-27(3)25-32/h15,17,20-26,31H,4-5,7-14,16,18-19H2,1-3,6H3. The fourth-order valence-corrected chi connectivity index (χ4v) is 5.60. The lowest BCUT2D eigenvalue weighted by atomic mass is 9.90. The summed E-state index contributed by atoms with van der Waals surface area (Å²) in [7, 11) is 0. The van der Waals surface area contributed by atoms with Gasteiger partial charge in [-0.1, -0.05) is 125 Å². The molecule has 0 heterocycles. The maximum Gasteiger partial charge on any atom is -0.0130 e. The number of rotatable bonds is 15. The molecule has 0 saturated heterocycles. The summed E-state index contributed by atoms with van der Waals surface area (Å²) in [4.78, 5) is 0. The Balaban J connectivity index is 1.56. The predicted octanol–water partition coefficient (Wildman–Crippen LogP) is 11.5. The Morgan fingerprint density at radius 3 is 2.14 bits per heavy atom. The van der Waals surface area contributed by atoms with Gasteiger partial charge in [-0.2, -0.15) is 0 Å². The van der Waals surface area contributed by atoms with E-state index in [0.717, 1.165) is 31.6 Å². The highest BCUT2D eigenvalue weighted by Gasteiger charge is 2.10. The molecule has 0 fully saturated rings. The topological polar surface area (TPSA) is 0 Å². The van der Waals surface area contributed by atoms with E-state index in [1.165, 1.54) is 95.1 Å². The second-order valence-electron chi connectivity index (χ2n) is 11.0. The van der Waals surface area contributed by atoms with Gasteiger partial charge in [-0.3, -0.25) is 0 Å². The van der Waals surface area contributed by atoms with Gasteiger partial charge >= 0.3 is 0 Å². The summed E-state index contributed by atoms with van der Waals surface area (Å²) in [6.07, 6.45) is 18.3. The highest BCUT2D eigenvalue weighted by molar-refractivity contribution is 5.75. The maximum absolute atomic E-state index is 4.49. The van der Waals surface area contributed by atoms with E-state index < -0.39 is 0 Å². The Hall–Kier alpha value is -2.60. The molecule has 0 radical (unpaired) electrons. The van der Waals surface area contributed by atoms with E-state index >= 15 is 0 Å². The molecule has 0 saturated carbocycles. The molecular weight excluding hydrogens is 432 g/mol. The van der Waals surface area contributed by atoms with Crippen LogP contribution >= 0.6 is 0 Å². The number of hydrogen-bond acceptors (Lipinski definition) is 0. The van der Waals surface area contributed by atoms with E-state index in [-0.39, 0.29) is 0 Å². The molecule has 0 aliphatic heterocycles. The van der Waals surface area contributed by atoms with E-state index in [2.05, 4.69) is 95.5 Å². The Kier molecular flexibility index (Phi) is 11.1. The van der Waals surface area contributed by atoms with Gasteiger partial charge < -0.3 is 0 Å². The smallest absolute Gasteiger partial charge is 0.0130 e. The number of allylic oxidation sites excluding steroid dienone is 6. The SMILES string of the molecule is C=C(CCC1=CC(C)=CC1)c1ccc(-c2ccc(C)c(C(=C)CCCCC(CCC)CCC)c2)cc1. The molecule has 0 aromatic heterocycles. The fourth-order valence-electron chi connectivity index (χ4n) is 5.60. The molecule has 0 spiro atoms. The highest BCUT2D eigenvalue weighted by atomic mass is 14.2. The molecule has 0 nitrogen and oxygen atoms in total. The van der Waals surface area contributed by atoms with Gasteiger partial charge in [0, 0.05) is 0 Å². The van der Waals surface area contributed by atoms with Crippen molar-refractivity contribution in [2.75, 3.05) is 0 Å². The Bertz CT molecular complexity index is 1070. The zero-order chi connectivity index (χ0) is 25.9. The van der Waals surface area contributed by atoms with Gasteiger partial charge in [0.05, 0.1) is 0 Å². The van der Waals surface area contributed by atoms with Crippen molar-refractivity contribution < 1.29 is 0 Å². The Morgan fingerprint density at radius 1 is 0.806 bits per heavy atom. The molecular formula is C36H48. The summed E-state index contributed by atoms with van der Waals surface area (Å²) >= 11 is 0. The van der Waals surface area contributed by atoms with Crippen molar-refractivity contribution in [1.29, 1.82) is 0 Å². The third-order valence-corrected chi connectivity index (χ3v) is 7.85. The lowest BCUT2D eigenvalue weighted by molar-refractivity contribution is 0.396. The van der Waals surface area contributed by atoms with E-state index in [4.69, 9.17) is 0 Å². The summed E-state index contributed by atoms with van der Waals surface area (Å²) in [5, 5.41) is 0. The van der Waals surface area contributed by atoms with Gasteiger partial charge in [-0.15, -0.1) is 0 Å². The minimum absolute atomic E-state index is 0.915. The zero-order valence-electron chi connectivity index (χ0n) is 23.5. The van der Waals surface area contributed by atoms with Gasteiger partial charge in [0.15, 0.2) is 0 Å². The fraction of sp³-hybridized carbons (Fsp3) is 0.444. The van der Waals surface area contributed by atoms with Crippen LogP contribution in [0.5, 0.6) is 0 Å². The molecule has 2 aromatic rings. The van der Waals surface area contributed by atoms with E-state index in [9.17, 15) is 0 Å². The molecule has 0 atom stereocenters. The maximum atomic E-state index is 4.49. The number of benzene rings is 2. The van der Waals surface area contributed by atoms with Crippen LogP contribution in [0.4, 0.5) is 0 Å². The van der Waals surface area contributed by atoms with Crippen LogP contribution < -0.4 is 0 Å². The molecule has 36 heavy (non-hydrogen) atoms. The molecule has 1 aliphatic rings. The summed E-state index contributed by atoms with van der Waals surface area (Å²) < 4.78 is 0. The summed E-state index contributed by atoms with van der Waals surface area (Å²) in [6, 6.07) is 15.8. The van der Waals surface area contributed by atoms with Gasteiger partial charge in [-0.05, 0) is 96.9 Å². The lowest BCUT2D eigenvalue weighted by Crippen LogP contribution is -2.00. The predicted molar refractivity (Wildman–Crippen MR) is 162 cm³/mol. The summed E-state index contributed by atoms with van der Waals surface area (Å²) in [5.74, 6) is 0.915. The van der Waals surface area contributed by atoms with Crippen LogP contribution in [-0.4, -0.2) is 0 Å². The average molecular weight is 481 g/mol. The van der Waals surface area contributed by atoms with Crippen LogP contribution in [0.1, 0.15) is 108 Å². The van der Waals surface area contributed by atoms with Crippen molar-refractivity contribution in [2.24, 2.45) is 5.92 Å². The first-order valence-corrected chi connectivity index (χ1v) is 14.3. The monoisotopic (exact) mass is 480 g/mol. The van der Waals surface area contributed by atoms with E-state index in [1.54, 1.807) is 0 Å². The number of hydrogen-bond donors (Lipinski definition) is 0. The van der Waals surface area contributed by atoms with Crippen LogP contribution in [-0.2, 0) is 0 Å². The third kappa shape index (κ3) is 8.22. The number of aryl methyl sites for hydroxylation is 1. The van der Waals surface area contributed by atoms with Crippen LogP contribution in [0.15, 0.2) is 78.9 Å². The minimum atomic E-state index is 0.915. The van der Waals surface area contributed by atoms with Crippen LogP contribution in [0.3, 0.4) is 0 Å². The first kappa shape index (κ1) is 28.0. The largest absolute Gasteiger partial charge is 0.0952 e. The molecule has 192 valence electrons. The van der Waals surface area contributed by atoms with Gasteiger partial charge in [-0.25, -0.2) is 0 Å². The van der Waals surface area contributed by atoms with Crippen LogP contribution in [0.25, 0.3) is 22.3 Å². The van der Waals surface area contributed by atoms with Gasteiger partial charge in [0.1, 0.15) is 0 Å². The van der Waals surface area contributed by atoms with Crippen molar-refractivity contribution in [3.8, 4) is 11.1 Å². The average Bonchev–Trinajstić information content (AvgIpc) is 3.30. The van der Waals surface area contributed by atoms with Crippen molar-refractivity contribution in [1.82, 2.24) is 0 Å². The highest BCUT2D eigenvalue weighted by Crippen LogP contribution is 2.31. The quantitative estimate of drug-likeness (QED) is 0.222. The zero-order valence-corrected chi connectivity index (χ0v) is 23.5. The van der Waals surface area contributed by atoms with Gasteiger partial charge in [0.25, 0.3) is 0 Å². The molecule has 0 bridgehead atoms. The van der Waals surface area contributed by atoms with Crippen molar-refractivity contribution in [3.63, 3.8) is 0 Å². The normalized spacial score (nSPS) is 13.1. The molecule has 1 aliphatic carbocycles. The lowest BCUT2D eigenvalue weighted by Gasteiger charge is -2.16. The first-order valence-electron chi connectivity index (χ1n) is 14.3. The second kappa shape index (κ2) is 14.2. The van der Waals surface area contributed by atoms with Crippen LogP contribution in [0, 0.1) is 12.8 Å². The molecule has 2 aromatic carbocycles. The Labute approximate surface area is 221 Å². The Morgan fingerprint density at radius 2 is 1.50 bits per heavy atom. The number of unbranched alkanes of at least 4 members (excludes halogenated alkanes) is 1. The molecule has 0 N–H and O–H groups in total. The molecule has 0 heteroatoms. The van der Waals surface area contributed by atoms with E-state index in [0.29, 0.717) is 0 Å². The summed E-state index contributed by atoms with van der Waals surface area (Å²) in [5.41, 5.74) is 11.9. The van der Waals surface area contributed by atoms with Gasteiger partial charge in [0.2, 0.25) is 0 Å². The minimum Gasteiger partial charge on any atom is -0.0952 e.